The van der Waals surface area contributed by atoms with Gasteiger partial charge in [-0.3, -0.25) is 9.59 Å². The number of hydrogen-bond acceptors (Lipinski definition) is 3. The molecule has 2 amide bonds. The van der Waals surface area contributed by atoms with Crippen LogP contribution in [0.1, 0.15) is 50.0 Å². The zero-order valence-corrected chi connectivity index (χ0v) is 17.8. The van der Waals surface area contributed by atoms with Crippen molar-refractivity contribution in [2.75, 3.05) is 11.4 Å². The molecule has 2 aromatic carbocycles. The van der Waals surface area contributed by atoms with Crippen molar-refractivity contribution in [3.63, 3.8) is 0 Å². The molecular formula is C25H28N4O2. The first kappa shape index (κ1) is 19.8. The summed E-state index contributed by atoms with van der Waals surface area (Å²) in [6.07, 6.45) is 4.39. The minimum atomic E-state index is -0.291. The quantitative estimate of drug-likeness (QED) is 0.671. The van der Waals surface area contributed by atoms with E-state index < -0.39 is 0 Å². The molecule has 1 saturated carbocycles. The van der Waals surface area contributed by atoms with E-state index in [1.54, 1.807) is 0 Å². The van der Waals surface area contributed by atoms with Gasteiger partial charge in [0.05, 0.1) is 23.0 Å². The highest BCUT2D eigenvalue weighted by atomic mass is 16.2. The highest BCUT2D eigenvalue weighted by Gasteiger charge is 2.40. The number of hydrogen-bond donors (Lipinski definition) is 2. The molecule has 5 rings (SSSR count). The first-order valence-corrected chi connectivity index (χ1v) is 11.3. The highest BCUT2D eigenvalue weighted by Crippen LogP contribution is 2.36. The Balaban J connectivity index is 1.32. The number of aromatic nitrogens is 2. The Labute approximate surface area is 182 Å². The van der Waals surface area contributed by atoms with Gasteiger partial charge in [0, 0.05) is 18.2 Å². The lowest BCUT2D eigenvalue weighted by atomic mass is 9.77. The maximum atomic E-state index is 13.5. The lowest BCUT2D eigenvalue weighted by molar-refractivity contribution is -0.135. The summed E-state index contributed by atoms with van der Waals surface area (Å²) in [5.41, 5.74) is 4.06. The van der Waals surface area contributed by atoms with Crippen molar-refractivity contribution < 1.29 is 9.59 Å². The van der Waals surface area contributed by atoms with Crippen LogP contribution in [0.25, 0.3) is 11.0 Å². The first-order chi connectivity index (χ1) is 15.1. The molecule has 2 aliphatic rings. The molecular weight excluding hydrogens is 388 g/mol. The number of nitrogens with zero attached hydrogens (tertiary/aromatic N) is 2. The van der Waals surface area contributed by atoms with Crippen molar-refractivity contribution in [2.24, 2.45) is 11.8 Å². The molecule has 3 atom stereocenters. The lowest BCUT2D eigenvalue weighted by Crippen LogP contribution is -2.45. The number of nitrogens with one attached hydrogen (secondary N) is 2. The Morgan fingerprint density at radius 1 is 1.06 bits per heavy atom. The van der Waals surface area contributed by atoms with Gasteiger partial charge in [0.15, 0.2) is 0 Å². The minimum Gasteiger partial charge on any atom is -0.346 e. The molecule has 0 spiro atoms. The average molecular weight is 417 g/mol. The van der Waals surface area contributed by atoms with Crippen LogP contribution in [0.3, 0.4) is 0 Å². The van der Waals surface area contributed by atoms with Gasteiger partial charge in [-0.1, -0.05) is 43.2 Å². The number of aromatic amines is 1. The number of H-pyrrole nitrogens is 1. The predicted molar refractivity (Wildman–Crippen MR) is 121 cm³/mol. The largest absolute Gasteiger partial charge is 0.346 e. The molecule has 6 nitrogen and oxygen atoms in total. The van der Waals surface area contributed by atoms with Crippen LogP contribution in [-0.2, 0) is 16.0 Å². The molecule has 0 saturated heterocycles. The molecule has 1 aliphatic carbocycles. The second kappa shape index (κ2) is 8.17. The second-order valence-corrected chi connectivity index (χ2v) is 8.74. The fourth-order valence-electron chi connectivity index (χ4n) is 5.07. The number of carbonyl (C=O) groups excluding carboxylic acids is 2. The van der Waals surface area contributed by atoms with E-state index in [0.29, 0.717) is 6.54 Å². The minimum absolute atomic E-state index is 0.0431. The molecule has 1 aromatic heterocycles. The molecule has 2 heterocycles. The van der Waals surface area contributed by atoms with E-state index in [2.05, 4.69) is 21.4 Å². The number of fused-ring (bicyclic) bond motifs is 2. The van der Waals surface area contributed by atoms with E-state index in [1.807, 2.05) is 54.3 Å². The van der Waals surface area contributed by atoms with Gasteiger partial charge in [-0.05, 0) is 49.9 Å². The molecule has 31 heavy (non-hydrogen) atoms. The van der Waals surface area contributed by atoms with Crippen LogP contribution in [0, 0.1) is 11.8 Å². The Bertz CT molecular complexity index is 1090. The summed E-state index contributed by atoms with van der Waals surface area (Å²) in [4.78, 5) is 36.5. The summed E-state index contributed by atoms with van der Waals surface area (Å²) in [5, 5.41) is 3.12. The van der Waals surface area contributed by atoms with Crippen LogP contribution >= 0.6 is 0 Å². The van der Waals surface area contributed by atoms with Crippen molar-refractivity contribution in [2.45, 2.75) is 45.1 Å². The van der Waals surface area contributed by atoms with Gasteiger partial charge in [0.2, 0.25) is 11.8 Å². The Kier molecular flexibility index (Phi) is 5.22. The number of carbonyl (C=O) groups is 2. The summed E-state index contributed by atoms with van der Waals surface area (Å²) >= 11 is 0. The van der Waals surface area contributed by atoms with Crippen molar-refractivity contribution in [1.82, 2.24) is 15.3 Å². The molecule has 160 valence electrons. The summed E-state index contributed by atoms with van der Waals surface area (Å²) < 4.78 is 0. The van der Waals surface area contributed by atoms with E-state index >= 15 is 0 Å². The summed E-state index contributed by atoms with van der Waals surface area (Å²) in [6, 6.07) is 15.7. The molecule has 6 heteroatoms. The first-order valence-electron chi connectivity index (χ1n) is 11.3. The normalized spacial score (nSPS) is 21.6. The van der Waals surface area contributed by atoms with Gasteiger partial charge < -0.3 is 15.2 Å². The van der Waals surface area contributed by atoms with Gasteiger partial charge in [0.1, 0.15) is 5.82 Å². The Morgan fingerprint density at radius 2 is 1.81 bits per heavy atom. The van der Waals surface area contributed by atoms with Gasteiger partial charge in [0.25, 0.3) is 0 Å². The number of benzene rings is 2. The van der Waals surface area contributed by atoms with Gasteiger partial charge in [-0.2, -0.15) is 0 Å². The molecule has 0 radical (unpaired) electrons. The second-order valence-electron chi connectivity index (χ2n) is 8.74. The molecule has 3 aromatic rings. The fourth-order valence-corrected chi connectivity index (χ4v) is 5.07. The van der Waals surface area contributed by atoms with Crippen molar-refractivity contribution >= 4 is 28.5 Å². The zero-order valence-electron chi connectivity index (χ0n) is 17.8. The Hall–Kier alpha value is -3.15. The summed E-state index contributed by atoms with van der Waals surface area (Å²) in [5.74, 6) is 0.241. The maximum absolute atomic E-state index is 13.5. The van der Waals surface area contributed by atoms with Crippen LogP contribution in [0.4, 0.5) is 5.69 Å². The molecule has 1 aliphatic heterocycles. The van der Waals surface area contributed by atoms with Gasteiger partial charge in [-0.15, -0.1) is 0 Å². The Morgan fingerprint density at radius 3 is 2.65 bits per heavy atom. The number of imidazole rings is 1. The van der Waals surface area contributed by atoms with E-state index in [1.165, 1.54) is 5.56 Å². The van der Waals surface area contributed by atoms with Crippen LogP contribution in [0.2, 0.25) is 0 Å². The molecule has 0 bridgehead atoms. The van der Waals surface area contributed by atoms with E-state index in [0.717, 1.165) is 54.6 Å². The standard InChI is InChI=1S/C25H28N4O2/c1-16(23-27-20-11-5-6-12-21(20)28-23)26-24(30)18-9-3-4-10-19(18)25(31)29-15-14-17-8-2-7-13-22(17)29/h2,5-8,11-13,16,18-19H,3-4,9-10,14-15H2,1H3,(H,26,30)(H,27,28). The third-order valence-electron chi connectivity index (χ3n) is 6.75. The SMILES string of the molecule is CC(NC(=O)C1CCCCC1C(=O)N1CCc2ccccc21)c1nc2ccccc2[nH]1. The fraction of sp³-hybridized carbons (Fsp3) is 0.400. The number of rotatable bonds is 4. The van der Waals surface area contributed by atoms with E-state index in [4.69, 9.17) is 0 Å². The van der Waals surface area contributed by atoms with Crippen molar-refractivity contribution in [1.29, 1.82) is 0 Å². The number of anilines is 1. The molecule has 3 unspecified atom stereocenters. The summed E-state index contributed by atoms with van der Waals surface area (Å²) in [6.45, 7) is 2.64. The van der Waals surface area contributed by atoms with Gasteiger partial charge >= 0.3 is 0 Å². The smallest absolute Gasteiger partial charge is 0.230 e. The molecule has 2 N–H and O–H groups in total. The zero-order chi connectivity index (χ0) is 21.4. The van der Waals surface area contributed by atoms with Crippen LogP contribution in [0.15, 0.2) is 48.5 Å². The van der Waals surface area contributed by atoms with Crippen LogP contribution in [0.5, 0.6) is 0 Å². The predicted octanol–water partition coefficient (Wildman–Crippen LogP) is 4.14. The van der Waals surface area contributed by atoms with E-state index in [-0.39, 0.29) is 29.7 Å². The average Bonchev–Trinajstić information content (AvgIpc) is 3.43. The molecule has 1 fully saturated rings. The van der Waals surface area contributed by atoms with Crippen molar-refractivity contribution in [3.05, 3.63) is 59.9 Å². The van der Waals surface area contributed by atoms with Crippen LogP contribution in [-0.4, -0.2) is 28.3 Å². The van der Waals surface area contributed by atoms with Gasteiger partial charge in [-0.25, -0.2) is 4.98 Å². The number of amides is 2. The third-order valence-corrected chi connectivity index (χ3v) is 6.75. The summed E-state index contributed by atoms with van der Waals surface area (Å²) in [7, 11) is 0. The lowest BCUT2D eigenvalue weighted by Gasteiger charge is -2.33. The van der Waals surface area contributed by atoms with Crippen LogP contribution < -0.4 is 10.2 Å². The maximum Gasteiger partial charge on any atom is 0.230 e. The van der Waals surface area contributed by atoms with E-state index in [9.17, 15) is 9.59 Å². The number of para-hydroxylation sites is 3. The topological polar surface area (TPSA) is 78.1 Å². The monoisotopic (exact) mass is 416 g/mol. The highest BCUT2D eigenvalue weighted by molar-refractivity contribution is 5.99. The van der Waals surface area contributed by atoms with Crippen molar-refractivity contribution in [3.8, 4) is 0 Å². The third kappa shape index (κ3) is 3.71.